The SMILES string of the molecule is CCN1CCN(C(=O)c2cc(-c3ccc(OC)cc3)nc3cc(C(C)(C)C)nn23)CC1. The lowest BCUT2D eigenvalue weighted by molar-refractivity contribution is 0.0634. The van der Waals surface area contributed by atoms with E-state index >= 15 is 0 Å². The topological polar surface area (TPSA) is 63.0 Å². The molecule has 1 aliphatic rings. The van der Waals surface area contributed by atoms with Crippen molar-refractivity contribution >= 4 is 11.6 Å². The van der Waals surface area contributed by atoms with Gasteiger partial charge in [0.25, 0.3) is 5.91 Å². The number of ether oxygens (including phenoxy) is 1. The van der Waals surface area contributed by atoms with E-state index in [0.717, 1.165) is 55.4 Å². The maximum Gasteiger partial charge on any atom is 0.272 e. The first kappa shape index (κ1) is 21.3. The van der Waals surface area contributed by atoms with Crippen LogP contribution in [0.4, 0.5) is 0 Å². The lowest BCUT2D eigenvalue weighted by Crippen LogP contribution is -2.48. The molecule has 31 heavy (non-hydrogen) atoms. The summed E-state index contributed by atoms with van der Waals surface area (Å²) in [5.41, 5.74) is 3.71. The standard InChI is InChI=1S/C24H31N5O2/c1-6-27-11-13-28(14-12-27)23(30)20-15-19(17-7-9-18(31-5)10-8-17)25-22-16-21(24(2,3)4)26-29(20)22/h7-10,15-16H,6,11-14H2,1-5H3. The largest absolute Gasteiger partial charge is 0.497 e. The van der Waals surface area contributed by atoms with Crippen molar-refractivity contribution in [2.24, 2.45) is 0 Å². The second-order valence-electron chi connectivity index (χ2n) is 9.03. The Morgan fingerprint density at radius 1 is 1.06 bits per heavy atom. The second kappa shape index (κ2) is 8.30. The number of aromatic nitrogens is 3. The van der Waals surface area contributed by atoms with Crippen LogP contribution >= 0.6 is 0 Å². The zero-order chi connectivity index (χ0) is 22.2. The maximum atomic E-state index is 13.6. The van der Waals surface area contributed by atoms with Gasteiger partial charge >= 0.3 is 0 Å². The van der Waals surface area contributed by atoms with Crippen molar-refractivity contribution in [2.45, 2.75) is 33.1 Å². The molecule has 0 radical (unpaired) electrons. The van der Waals surface area contributed by atoms with Gasteiger partial charge in [-0.05, 0) is 36.9 Å². The molecule has 1 saturated heterocycles. The molecule has 0 unspecified atom stereocenters. The molecule has 0 bridgehead atoms. The minimum Gasteiger partial charge on any atom is -0.497 e. The smallest absolute Gasteiger partial charge is 0.272 e. The highest BCUT2D eigenvalue weighted by molar-refractivity contribution is 5.94. The third-order valence-corrected chi connectivity index (χ3v) is 5.91. The van der Waals surface area contributed by atoms with Crippen LogP contribution in [0.15, 0.2) is 36.4 Å². The van der Waals surface area contributed by atoms with Gasteiger partial charge in [-0.1, -0.05) is 27.7 Å². The van der Waals surface area contributed by atoms with E-state index in [0.29, 0.717) is 11.3 Å². The zero-order valence-corrected chi connectivity index (χ0v) is 19.1. The summed E-state index contributed by atoms with van der Waals surface area (Å²) in [6.45, 7) is 12.8. The van der Waals surface area contributed by atoms with Crippen LogP contribution in [0.5, 0.6) is 5.75 Å². The Labute approximate surface area is 183 Å². The Kier molecular flexibility index (Phi) is 5.71. The van der Waals surface area contributed by atoms with Gasteiger partial charge in [-0.3, -0.25) is 4.79 Å². The number of amides is 1. The van der Waals surface area contributed by atoms with Gasteiger partial charge in [0.15, 0.2) is 5.65 Å². The molecule has 1 aromatic carbocycles. The third kappa shape index (κ3) is 4.28. The number of methoxy groups -OCH3 is 1. The quantitative estimate of drug-likeness (QED) is 0.645. The zero-order valence-electron chi connectivity index (χ0n) is 19.1. The van der Waals surface area contributed by atoms with Gasteiger partial charge < -0.3 is 14.5 Å². The normalized spacial score (nSPS) is 15.5. The molecular formula is C24H31N5O2. The molecule has 7 heteroatoms. The van der Waals surface area contributed by atoms with Crippen LogP contribution in [-0.4, -0.2) is 70.1 Å². The molecule has 0 atom stereocenters. The van der Waals surface area contributed by atoms with Crippen LogP contribution in [0.3, 0.4) is 0 Å². The van der Waals surface area contributed by atoms with Crippen LogP contribution < -0.4 is 4.74 Å². The number of benzene rings is 1. The molecule has 0 spiro atoms. The molecule has 7 nitrogen and oxygen atoms in total. The van der Waals surface area contributed by atoms with Gasteiger partial charge in [-0.25, -0.2) is 9.50 Å². The maximum absolute atomic E-state index is 13.6. The molecule has 0 aliphatic carbocycles. The number of hydrogen-bond acceptors (Lipinski definition) is 5. The average Bonchev–Trinajstić information content (AvgIpc) is 3.23. The summed E-state index contributed by atoms with van der Waals surface area (Å²) in [6.07, 6.45) is 0. The highest BCUT2D eigenvalue weighted by Gasteiger charge is 2.26. The molecule has 1 amide bonds. The predicted octanol–water partition coefficient (Wildman–Crippen LogP) is 3.48. The molecule has 1 aliphatic heterocycles. The third-order valence-electron chi connectivity index (χ3n) is 5.91. The van der Waals surface area contributed by atoms with Crippen molar-refractivity contribution in [3.05, 3.63) is 47.8 Å². The molecule has 4 rings (SSSR count). The fourth-order valence-electron chi connectivity index (χ4n) is 3.83. The molecule has 1 fully saturated rings. The summed E-state index contributed by atoms with van der Waals surface area (Å²) in [5, 5.41) is 4.77. The Balaban J connectivity index is 1.79. The van der Waals surface area contributed by atoms with Crippen LogP contribution in [-0.2, 0) is 5.41 Å². The summed E-state index contributed by atoms with van der Waals surface area (Å²) >= 11 is 0. The van der Waals surface area contributed by atoms with E-state index in [9.17, 15) is 4.79 Å². The van der Waals surface area contributed by atoms with E-state index in [1.807, 2.05) is 41.3 Å². The minimum absolute atomic E-state index is 0.00136. The summed E-state index contributed by atoms with van der Waals surface area (Å²) in [6, 6.07) is 11.6. The van der Waals surface area contributed by atoms with Gasteiger partial charge in [0.05, 0.1) is 18.5 Å². The number of rotatable bonds is 4. The van der Waals surface area contributed by atoms with E-state index in [1.54, 1.807) is 11.6 Å². The summed E-state index contributed by atoms with van der Waals surface area (Å²) < 4.78 is 6.99. The first-order chi connectivity index (χ1) is 14.8. The average molecular weight is 422 g/mol. The molecule has 3 aromatic rings. The number of fused-ring (bicyclic) bond motifs is 1. The van der Waals surface area contributed by atoms with Crippen LogP contribution in [0.1, 0.15) is 43.9 Å². The van der Waals surface area contributed by atoms with Gasteiger partial charge in [-0.2, -0.15) is 5.10 Å². The molecule has 2 aromatic heterocycles. The number of hydrogen-bond donors (Lipinski definition) is 0. The highest BCUT2D eigenvalue weighted by atomic mass is 16.5. The van der Waals surface area contributed by atoms with Gasteiger partial charge in [0, 0.05) is 43.2 Å². The van der Waals surface area contributed by atoms with E-state index in [1.165, 1.54) is 0 Å². The fourth-order valence-corrected chi connectivity index (χ4v) is 3.83. The van der Waals surface area contributed by atoms with Crippen LogP contribution in [0.25, 0.3) is 16.9 Å². The van der Waals surface area contributed by atoms with Gasteiger partial charge in [0.1, 0.15) is 11.4 Å². The number of nitrogens with zero attached hydrogens (tertiary/aromatic N) is 5. The van der Waals surface area contributed by atoms with Crippen molar-refractivity contribution < 1.29 is 9.53 Å². The van der Waals surface area contributed by atoms with Crippen molar-refractivity contribution in [1.29, 1.82) is 0 Å². The molecule has 164 valence electrons. The van der Waals surface area contributed by atoms with Crippen molar-refractivity contribution in [3.63, 3.8) is 0 Å². The Bertz CT molecular complexity index is 1070. The first-order valence-electron chi connectivity index (χ1n) is 10.9. The van der Waals surface area contributed by atoms with Gasteiger partial charge in [0.2, 0.25) is 0 Å². The first-order valence-corrected chi connectivity index (χ1v) is 10.9. The summed E-state index contributed by atoms with van der Waals surface area (Å²) in [5.74, 6) is 0.788. The highest BCUT2D eigenvalue weighted by Crippen LogP contribution is 2.27. The lowest BCUT2D eigenvalue weighted by Gasteiger charge is -2.34. The van der Waals surface area contributed by atoms with E-state index in [2.05, 4.69) is 32.6 Å². The number of carbonyl (C=O) groups is 1. The predicted molar refractivity (Wildman–Crippen MR) is 122 cm³/mol. The molecule has 0 N–H and O–H groups in total. The van der Waals surface area contributed by atoms with Crippen LogP contribution in [0, 0.1) is 0 Å². The van der Waals surface area contributed by atoms with Crippen molar-refractivity contribution in [2.75, 3.05) is 39.8 Å². The summed E-state index contributed by atoms with van der Waals surface area (Å²) in [7, 11) is 1.65. The summed E-state index contributed by atoms with van der Waals surface area (Å²) in [4.78, 5) is 22.7. The molecule has 3 heterocycles. The van der Waals surface area contributed by atoms with Gasteiger partial charge in [-0.15, -0.1) is 0 Å². The minimum atomic E-state index is -0.138. The Morgan fingerprint density at radius 2 is 1.74 bits per heavy atom. The lowest BCUT2D eigenvalue weighted by atomic mass is 9.93. The van der Waals surface area contributed by atoms with E-state index in [4.69, 9.17) is 14.8 Å². The second-order valence-corrected chi connectivity index (χ2v) is 9.03. The Hall–Kier alpha value is -2.93. The number of likely N-dealkylation sites (N-methyl/N-ethyl adjacent to an activating group) is 1. The fraction of sp³-hybridized carbons (Fsp3) is 0.458. The molecule has 0 saturated carbocycles. The number of piperazine rings is 1. The van der Waals surface area contributed by atoms with Crippen molar-refractivity contribution in [3.8, 4) is 17.0 Å². The van der Waals surface area contributed by atoms with E-state index in [-0.39, 0.29) is 11.3 Å². The van der Waals surface area contributed by atoms with Crippen molar-refractivity contribution in [1.82, 2.24) is 24.4 Å². The molecular weight excluding hydrogens is 390 g/mol. The number of carbonyl (C=O) groups excluding carboxylic acids is 1. The van der Waals surface area contributed by atoms with E-state index < -0.39 is 0 Å². The Morgan fingerprint density at radius 3 is 2.32 bits per heavy atom. The monoisotopic (exact) mass is 421 g/mol. The van der Waals surface area contributed by atoms with Crippen LogP contribution in [0.2, 0.25) is 0 Å².